The fraction of sp³-hybridized carbons (Fsp3) is 0.391. The number of benzene rings is 2. The molecule has 4 rings (SSSR count). The van der Waals surface area contributed by atoms with Crippen LogP contribution in [0.1, 0.15) is 28.1 Å². The van der Waals surface area contributed by atoms with Crippen LogP contribution in [0.5, 0.6) is 0 Å². The first-order valence-corrected chi connectivity index (χ1v) is 11.3. The van der Waals surface area contributed by atoms with E-state index in [0.717, 1.165) is 75.3 Å². The molecule has 1 N–H and O–H groups in total. The Morgan fingerprint density at radius 3 is 1.81 bits per heavy atom. The summed E-state index contributed by atoms with van der Waals surface area (Å²) in [7, 11) is 0. The van der Waals surface area contributed by atoms with Crippen molar-refractivity contribution in [3.8, 4) is 0 Å². The molecule has 2 aromatic rings. The van der Waals surface area contributed by atoms with Crippen molar-refractivity contribution in [2.45, 2.75) is 7.43 Å². The third-order valence-corrected chi connectivity index (χ3v) is 5.18. The number of carbonyl (C=O) groups is 2. The second-order valence-electron chi connectivity index (χ2n) is 6.64. The molecule has 176 valence electrons. The van der Waals surface area contributed by atoms with Crippen molar-refractivity contribution >= 4 is 57.4 Å². The van der Waals surface area contributed by atoms with E-state index in [4.69, 9.17) is 32.7 Å². The normalized spacial score (nSPS) is 15.2. The van der Waals surface area contributed by atoms with Crippen molar-refractivity contribution < 1.29 is 19.1 Å². The number of hydrogen-bond donors (Lipinski definition) is 1. The van der Waals surface area contributed by atoms with Gasteiger partial charge in [0, 0.05) is 57.5 Å². The van der Waals surface area contributed by atoms with Gasteiger partial charge < -0.3 is 19.7 Å². The van der Waals surface area contributed by atoms with Gasteiger partial charge in [0.15, 0.2) is 0 Å². The lowest BCUT2D eigenvalue weighted by Gasteiger charge is -2.29. The maximum absolute atomic E-state index is 10.7. The van der Waals surface area contributed by atoms with Gasteiger partial charge in [0.05, 0.1) is 26.4 Å². The summed E-state index contributed by atoms with van der Waals surface area (Å²) >= 11 is 14.8. The van der Waals surface area contributed by atoms with Gasteiger partial charge in [-0.3, -0.25) is 9.59 Å². The third kappa shape index (κ3) is 10.9. The van der Waals surface area contributed by atoms with Crippen molar-refractivity contribution in [2.75, 3.05) is 57.5 Å². The fourth-order valence-corrected chi connectivity index (χ4v) is 3.95. The highest BCUT2D eigenvalue weighted by Crippen LogP contribution is 2.22. The van der Waals surface area contributed by atoms with E-state index in [0.29, 0.717) is 21.2 Å². The van der Waals surface area contributed by atoms with Crippen LogP contribution in [0.3, 0.4) is 0 Å². The summed E-state index contributed by atoms with van der Waals surface area (Å²) in [4.78, 5) is 23.1. The second kappa shape index (κ2) is 16.2. The molecule has 2 heterocycles. The average molecular weight is 548 g/mol. The van der Waals surface area contributed by atoms with E-state index in [1.165, 1.54) is 0 Å². The molecule has 2 fully saturated rings. The highest BCUT2D eigenvalue weighted by molar-refractivity contribution is 9.10. The predicted molar refractivity (Wildman–Crippen MR) is 135 cm³/mol. The topological polar surface area (TPSA) is 67.9 Å². The van der Waals surface area contributed by atoms with Crippen LogP contribution in [0, 0.1) is 0 Å². The summed E-state index contributed by atoms with van der Waals surface area (Å²) in [6.45, 7) is 6.98. The van der Waals surface area contributed by atoms with E-state index in [-0.39, 0.29) is 7.43 Å². The van der Waals surface area contributed by atoms with Crippen LogP contribution in [0.4, 0.5) is 5.69 Å². The number of morpholine rings is 2. The van der Waals surface area contributed by atoms with E-state index in [9.17, 15) is 9.59 Å². The molecule has 9 heteroatoms. The van der Waals surface area contributed by atoms with E-state index in [1.807, 2.05) is 12.1 Å². The first kappa shape index (κ1) is 28.6. The molecule has 2 saturated heterocycles. The van der Waals surface area contributed by atoms with Gasteiger partial charge >= 0.3 is 0 Å². The Morgan fingerprint density at radius 2 is 1.34 bits per heavy atom. The molecule has 0 saturated carbocycles. The summed E-state index contributed by atoms with van der Waals surface area (Å²) in [5.41, 5.74) is 2.19. The molecule has 32 heavy (non-hydrogen) atoms. The Kier molecular flexibility index (Phi) is 14.4. The molecular weight excluding hydrogens is 519 g/mol. The molecule has 0 aromatic heterocycles. The summed E-state index contributed by atoms with van der Waals surface area (Å²) in [6, 6.07) is 10.4. The van der Waals surface area contributed by atoms with Crippen LogP contribution >= 0.6 is 39.1 Å². The monoisotopic (exact) mass is 546 g/mol. The van der Waals surface area contributed by atoms with Crippen LogP contribution in [-0.4, -0.2) is 65.2 Å². The minimum Gasteiger partial charge on any atom is -0.379 e. The van der Waals surface area contributed by atoms with Crippen molar-refractivity contribution in [1.82, 2.24) is 5.32 Å². The van der Waals surface area contributed by atoms with Gasteiger partial charge in [0.2, 0.25) is 0 Å². The van der Waals surface area contributed by atoms with Gasteiger partial charge in [-0.15, -0.1) is 0 Å². The van der Waals surface area contributed by atoms with E-state index in [2.05, 4.69) is 26.1 Å². The lowest BCUT2D eigenvalue weighted by atomic mass is 10.2. The first-order valence-electron chi connectivity index (χ1n) is 9.80. The zero-order chi connectivity index (χ0) is 22.5. The number of halogens is 3. The average Bonchev–Trinajstić information content (AvgIpc) is 2.80. The van der Waals surface area contributed by atoms with Crippen LogP contribution < -0.4 is 10.2 Å². The lowest BCUT2D eigenvalue weighted by Crippen LogP contribution is -2.36. The zero-order valence-corrected chi connectivity index (χ0v) is 20.1. The zero-order valence-electron chi connectivity index (χ0n) is 17.0. The molecule has 0 atom stereocenters. The minimum absolute atomic E-state index is 0. The summed E-state index contributed by atoms with van der Waals surface area (Å²) < 4.78 is 11.1. The van der Waals surface area contributed by atoms with Gasteiger partial charge in [0.25, 0.3) is 0 Å². The minimum atomic E-state index is 0. The van der Waals surface area contributed by atoms with Gasteiger partial charge in [-0.2, -0.15) is 0 Å². The first-order chi connectivity index (χ1) is 15.0. The van der Waals surface area contributed by atoms with Crippen LogP contribution in [0.2, 0.25) is 10.0 Å². The van der Waals surface area contributed by atoms with Crippen molar-refractivity contribution in [2.24, 2.45) is 0 Å². The molecule has 0 unspecified atom stereocenters. The largest absolute Gasteiger partial charge is 0.379 e. The summed E-state index contributed by atoms with van der Waals surface area (Å²) in [5, 5.41) is 4.32. The number of ether oxygens (including phenoxy) is 2. The Bertz CT molecular complexity index is 813. The molecule has 0 bridgehead atoms. The van der Waals surface area contributed by atoms with Gasteiger partial charge in [-0.1, -0.05) is 46.6 Å². The SMILES string of the molecule is C.C1COCCN1.O=Cc1cc(Cl)cc(Br)c1.O=Cc1cc(Cl)cc(N2CCOCC2)c1. The number of nitrogens with zero attached hydrogens (tertiary/aromatic N) is 1. The van der Waals surface area contributed by atoms with Gasteiger partial charge in [-0.25, -0.2) is 0 Å². The van der Waals surface area contributed by atoms with Crippen LogP contribution in [0.15, 0.2) is 40.9 Å². The quantitative estimate of drug-likeness (QED) is 0.536. The lowest BCUT2D eigenvalue weighted by molar-refractivity contribution is 0.109. The summed E-state index contributed by atoms with van der Waals surface area (Å²) in [6.07, 6.45) is 1.58. The summed E-state index contributed by atoms with van der Waals surface area (Å²) in [5.74, 6) is 0. The predicted octanol–water partition coefficient (Wildman–Crippen LogP) is 5.15. The van der Waals surface area contributed by atoms with E-state index < -0.39 is 0 Å². The molecule has 6 nitrogen and oxygen atoms in total. The number of hydrogen-bond acceptors (Lipinski definition) is 6. The number of anilines is 1. The maximum Gasteiger partial charge on any atom is 0.150 e. The van der Waals surface area contributed by atoms with Gasteiger partial charge in [0.1, 0.15) is 12.6 Å². The van der Waals surface area contributed by atoms with E-state index >= 15 is 0 Å². The Labute approximate surface area is 208 Å². The Morgan fingerprint density at radius 1 is 0.812 bits per heavy atom. The molecule has 2 aliphatic rings. The van der Waals surface area contributed by atoms with Crippen molar-refractivity contribution in [3.05, 3.63) is 62.0 Å². The molecular formula is C23H29BrCl2N2O4. The smallest absolute Gasteiger partial charge is 0.150 e. The van der Waals surface area contributed by atoms with E-state index in [1.54, 1.807) is 24.3 Å². The van der Waals surface area contributed by atoms with Crippen LogP contribution in [-0.2, 0) is 9.47 Å². The number of nitrogens with one attached hydrogen (secondary N) is 1. The van der Waals surface area contributed by atoms with Crippen molar-refractivity contribution in [1.29, 1.82) is 0 Å². The number of rotatable bonds is 3. The third-order valence-electron chi connectivity index (χ3n) is 4.28. The Balaban J connectivity index is 0.000000260. The highest BCUT2D eigenvalue weighted by atomic mass is 79.9. The fourth-order valence-electron chi connectivity index (χ4n) is 2.83. The molecule has 0 aliphatic carbocycles. The van der Waals surface area contributed by atoms with Gasteiger partial charge in [-0.05, 0) is 36.4 Å². The number of carbonyl (C=O) groups excluding carboxylic acids is 2. The molecule has 2 aromatic carbocycles. The second-order valence-corrected chi connectivity index (χ2v) is 8.43. The molecule has 0 amide bonds. The standard InChI is InChI=1S/C11H12ClNO2.C7H4BrClO.C4H9NO.CH4/c12-10-5-9(8-14)6-11(7-10)13-1-3-15-4-2-13;8-6-1-5(4-10)2-7(9)3-6;1-3-6-4-2-5-1;/h5-8H,1-4H2;1-4H;5H,1-4H2;1H4. The van der Waals surface area contributed by atoms with Crippen molar-refractivity contribution in [3.63, 3.8) is 0 Å². The Hall–Kier alpha value is -1.48. The maximum atomic E-state index is 10.7. The molecule has 0 spiro atoms. The molecule has 2 aliphatic heterocycles. The highest BCUT2D eigenvalue weighted by Gasteiger charge is 2.12. The number of aldehydes is 2. The van der Waals surface area contributed by atoms with Crippen LogP contribution in [0.25, 0.3) is 0 Å². The molecule has 0 radical (unpaired) electrons.